The summed E-state index contributed by atoms with van der Waals surface area (Å²) in [6.07, 6.45) is 3.78. The minimum absolute atomic E-state index is 0.0529. The van der Waals surface area contributed by atoms with E-state index in [1.165, 1.54) is 4.80 Å². The van der Waals surface area contributed by atoms with Crippen LogP contribution in [0, 0.1) is 13.8 Å². The molecule has 0 N–H and O–H groups in total. The second kappa shape index (κ2) is 8.19. The summed E-state index contributed by atoms with van der Waals surface area (Å²) in [6, 6.07) is 5.66. The standard InChI is InChI=1S/C22H29N5O2/c1-7-26(14-11-18-25-20(16(3)29-18)22(4,5)6)21(28)17-10-8-9-15(2)19(17)27-23-12-13-24-27/h8-10,12-13H,7,11,14H2,1-6H3. The number of benzene rings is 1. The number of hydrogen-bond acceptors (Lipinski definition) is 5. The third kappa shape index (κ3) is 4.39. The molecule has 154 valence electrons. The van der Waals surface area contributed by atoms with E-state index >= 15 is 0 Å². The molecule has 1 aromatic carbocycles. The van der Waals surface area contributed by atoms with Gasteiger partial charge in [-0.15, -0.1) is 0 Å². The largest absolute Gasteiger partial charge is 0.446 e. The van der Waals surface area contributed by atoms with E-state index in [9.17, 15) is 4.79 Å². The van der Waals surface area contributed by atoms with Crippen LogP contribution in [-0.4, -0.2) is 43.9 Å². The van der Waals surface area contributed by atoms with E-state index in [0.717, 1.165) is 17.0 Å². The summed E-state index contributed by atoms with van der Waals surface area (Å²) < 4.78 is 5.85. The first-order valence-electron chi connectivity index (χ1n) is 9.94. The van der Waals surface area contributed by atoms with Crippen LogP contribution in [0.2, 0.25) is 0 Å². The first-order chi connectivity index (χ1) is 13.7. The predicted octanol–water partition coefficient (Wildman–Crippen LogP) is 3.87. The molecule has 0 unspecified atom stereocenters. The van der Waals surface area contributed by atoms with Crippen molar-refractivity contribution in [2.75, 3.05) is 13.1 Å². The van der Waals surface area contributed by atoms with Gasteiger partial charge in [0.05, 0.1) is 23.7 Å². The van der Waals surface area contributed by atoms with Crippen LogP contribution in [0.1, 0.15) is 61.0 Å². The highest BCUT2D eigenvalue weighted by Crippen LogP contribution is 2.26. The molecule has 0 atom stereocenters. The summed E-state index contributed by atoms with van der Waals surface area (Å²) in [5.74, 6) is 1.45. The zero-order valence-corrected chi connectivity index (χ0v) is 18.1. The Hall–Kier alpha value is -2.96. The van der Waals surface area contributed by atoms with Gasteiger partial charge in [0.2, 0.25) is 0 Å². The number of aryl methyl sites for hydroxylation is 2. The topological polar surface area (TPSA) is 77.0 Å². The number of rotatable bonds is 6. The van der Waals surface area contributed by atoms with Crippen molar-refractivity contribution in [1.29, 1.82) is 0 Å². The molecule has 3 rings (SSSR count). The normalized spacial score (nSPS) is 11.7. The van der Waals surface area contributed by atoms with Crippen molar-refractivity contribution < 1.29 is 9.21 Å². The second-order valence-electron chi connectivity index (χ2n) is 8.19. The van der Waals surface area contributed by atoms with E-state index in [1.807, 2.05) is 39.0 Å². The van der Waals surface area contributed by atoms with E-state index in [4.69, 9.17) is 4.42 Å². The minimum atomic E-state index is -0.0701. The number of nitrogens with zero attached hydrogens (tertiary/aromatic N) is 5. The number of carbonyl (C=O) groups excluding carboxylic acids is 1. The van der Waals surface area contributed by atoms with Gasteiger partial charge in [-0.25, -0.2) is 4.98 Å². The highest BCUT2D eigenvalue weighted by Gasteiger charge is 2.24. The van der Waals surface area contributed by atoms with Crippen molar-refractivity contribution in [2.24, 2.45) is 0 Å². The molecular weight excluding hydrogens is 366 g/mol. The van der Waals surface area contributed by atoms with Crippen molar-refractivity contribution in [1.82, 2.24) is 24.9 Å². The highest BCUT2D eigenvalue weighted by molar-refractivity contribution is 5.98. The maximum absolute atomic E-state index is 13.3. The number of likely N-dealkylation sites (N-methyl/N-ethyl adjacent to an activating group) is 1. The smallest absolute Gasteiger partial charge is 0.256 e. The summed E-state index contributed by atoms with van der Waals surface area (Å²) in [5, 5.41) is 8.43. The van der Waals surface area contributed by atoms with Crippen LogP contribution in [0.25, 0.3) is 5.69 Å². The molecule has 0 aliphatic rings. The Morgan fingerprint density at radius 3 is 2.45 bits per heavy atom. The van der Waals surface area contributed by atoms with Gasteiger partial charge in [0.15, 0.2) is 5.89 Å². The lowest BCUT2D eigenvalue weighted by Crippen LogP contribution is -2.33. The lowest BCUT2D eigenvalue weighted by atomic mass is 9.91. The Balaban J connectivity index is 1.82. The van der Waals surface area contributed by atoms with Crippen LogP contribution in [0.3, 0.4) is 0 Å². The zero-order chi connectivity index (χ0) is 21.2. The van der Waals surface area contributed by atoms with Crippen LogP contribution in [0.4, 0.5) is 0 Å². The SMILES string of the molecule is CCN(CCc1nc(C(C)(C)C)c(C)o1)C(=O)c1cccc(C)c1-n1nccn1. The molecule has 29 heavy (non-hydrogen) atoms. The molecule has 0 saturated carbocycles. The van der Waals surface area contributed by atoms with Crippen molar-refractivity contribution in [3.63, 3.8) is 0 Å². The molecule has 0 spiro atoms. The fourth-order valence-corrected chi connectivity index (χ4v) is 3.49. The Labute approximate surface area is 171 Å². The lowest BCUT2D eigenvalue weighted by Gasteiger charge is -2.22. The minimum Gasteiger partial charge on any atom is -0.446 e. The molecule has 0 bridgehead atoms. The van der Waals surface area contributed by atoms with Gasteiger partial charge < -0.3 is 9.32 Å². The predicted molar refractivity (Wildman–Crippen MR) is 111 cm³/mol. The zero-order valence-electron chi connectivity index (χ0n) is 18.1. The van der Waals surface area contributed by atoms with E-state index in [2.05, 4.69) is 36.0 Å². The van der Waals surface area contributed by atoms with Gasteiger partial charge in [-0.05, 0) is 32.4 Å². The van der Waals surface area contributed by atoms with Crippen LogP contribution in [-0.2, 0) is 11.8 Å². The van der Waals surface area contributed by atoms with Crippen LogP contribution >= 0.6 is 0 Å². The van der Waals surface area contributed by atoms with Gasteiger partial charge in [0.25, 0.3) is 5.91 Å². The van der Waals surface area contributed by atoms with Gasteiger partial charge in [0, 0.05) is 24.9 Å². The number of amides is 1. The summed E-state index contributed by atoms with van der Waals surface area (Å²) in [6.45, 7) is 13.3. The molecule has 0 aliphatic heterocycles. The first kappa shape index (κ1) is 20.8. The third-order valence-corrected chi connectivity index (χ3v) is 4.90. The molecule has 7 heteroatoms. The fourth-order valence-electron chi connectivity index (χ4n) is 3.49. The monoisotopic (exact) mass is 395 g/mol. The van der Waals surface area contributed by atoms with Crippen molar-refractivity contribution in [3.05, 3.63) is 59.1 Å². The van der Waals surface area contributed by atoms with E-state index in [1.54, 1.807) is 17.3 Å². The maximum atomic E-state index is 13.3. The molecule has 0 saturated heterocycles. The highest BCUT2D eigenvalue weighted by atomic mass is 16.4. The van der Waals surface area contributed by atoms with Gasteiger partial charge >= 0.3 is 0 Å². The summed E-state index contributed by atoms with van der Waals surface area (Å²) in [7, 11) is 0. The average Bonchev–Trinajstić information content (AvgIpc) is 3.31. The van der Waals surface area contributed by atoms with Crippen molar-refractivity contribution in [2.45, 2.75) is 53.4 Å². The van der Waals surface area contributed by atoms with Gasteiger partial charge in [-0.1, -0.05) is 32.9 Å². The van der Waals surface area contributed by atoms with E-state index in [0.29, 0.717) is 36.7 Å². The number of para-hydroxylation sites is 1. The molecular formula is C22H29N5O2. The Morgan fingerprint density at radius 2 is 1.86 bits per heavy atom. The molecule has 0 aliphatic carbocycles. The molecule has 0 radical (unpaired) electrons. The number of aromatic nitrogens is 4. The quantitative estimate of drug-likeness (QED) is 0.633. The molecule has 3 aromatic rings. The van der Waals surface area contributed by atoms with E-state index in [-0.39, 0.29) is 11.3 Å². The summed E-state index contributed by atoms with van der Waals surface area (Å²) >= 11 is 0. The number of carbonyl (C=O) groups is 1. The fraction of sp³-hybridized carbons (Fsp3) is 0.455. The molecule has 2 heterocycles. The number of hydrogen-bond donors (Lipinski definition) is 0. The third-order valence-electron chi connectivity index (χ3n) is 4.90. The van der Waals surface area contributed by atoms with Crippen LogP contribution in [0.5, 0.6) is 0 Å². The summed E-state index contributed by atoms with van der Waals surface area (Å²) in [4.78, 5) is 21.3. The molecule has 0 fully saturated rings. The molecule has 2 aromatic heterocycles. The van der Waals surface area contributed by atoms with Gasteiger partial charge in [0.1, 0.15) is 11.4 Å². The number of oxazole rings is 1. The van der Waals surface area contributed by atoms with Gasteiger partial charge in [-0.3, -0.25) is 4.79 Å². The lowest BCUT2D eigenvalue weighted by molar-refractivity contribution is 0.0763. The molecule has 1 amide bonds. The van der Waals surface area contributed by atoms with Crippen molar-refractivity contribution in [3.8, 4) is 5.69 Å². The van der Waals surface area contributed by atoms with E-state index < -0.39 is 0 Å². The maximum Gasteiger partial charge on any atom is 0.256 e. The van der Waals surface area contributed by atoms with Crippen molar-refractivity contribution >= 4 is 5.91 Å². The Morgan fingerprint density at radius 1 is 1.17 bits per heavy atom. The van der Waals surface area contributed by atoms with Crippen LogP contribution < -0.4 is 0 Å². The second-order valence-corrected chi connectivity index (χ2v) is 8.19. The summed E-state index contributed by atoms with van der Waals surface area (Å²) in [5.41, 5.74) is 3.14. The average molecular weight is 396 g/mol. The Kier molecular flexibility index (Phi) is 5.86. The van der Waals surface area contributed by atoms with Gasteiger partial charge in [-0.2, -0.15) is 15.0 Å². The molecule has 7 nitrogen and oxygen atoms in total. The van der Waals surface area contributed by atoms with Crippen LogP contribution in [0.15, 0.2) is 35.0 Å². The first-order valence-corrected chi connectivity index (χ1v) is 9.94. The Bertz CT molecular complexity index is 983.